The number of carbonyl (C=O) groups excluding carboxylic acids is 4. The van der Waals surface area contributed by atoms with Gasteiger partial charge in [0.2, 0.25) is 12.1 Å². The van der Waals surface area contributed by atoms with Crippen LogP contribution in [0.1, 0.15) is 26.3 Å². The van der Waals surface area contributed by atoms with Crippen LogP contribution < -0.4 is 0 Å². The number of esters is 4. The van der Waals surface area contributed by atoms with E-state index in [0.717, 1.165) is 26.8 Å². The van der Waals surface area contributed by atoms with E-state index in [1.807, 2.05) is 0 Å². The van der Waals surface area contributed by atoms with Gasteiger partial charge < -0.3 is 58.7 Å². The van der Waals surface area contributed by atoms with Gasteiger partial charge in [0.05, 0.1) is 6.61 Å². The van der Waals surface area contributed by atoms with Gasteiger partial charge in [0.1, 0.15) is 49.5 Å². The maximum Gasteiger partial charge on any atom is 0.331 e. The Morgan fingerprint density at radius 3 is 2.12 bits per heavy atom. The first-order chi connectivity index (χ1) is 20.3. The smallest absolute Gasteiger partial charge is 0.331 e. The molecule has 0 bridgehead atoms. The number of hydrogen-bond acceptors (Lipinski definition) is 16. The average Bonchev–Trinajstić information content (AvgIpc) is 3.20. The van der Waals surface area contributed by atoms with Gasteiger partial charge in [0, 0.05) is 26.8 Å². The van der Waals surface area contributed by atoms with E-state index in [2.05, 4.69) is 0 Å². The molecule has 9 unspecified atom stereocenters. The van der Waals surface area contributed by atoms with Gasteiger partial charge in [-0.2, -0.15) is 0 Å². The molecule has 9 atom stereocenters. The maximum atomic E-state index is 12.9. The monoisotopic (exact) mass is 614 g/mol. The maximum absolute atomic E-state index is 12.9. The summed E-state index contributed by atoms with van der Waals surface area (Å²) >= 11 is 0. The molecule has 0 aliphatic carbocycles. The number of aromatic hydroxyl groups is 1. The number of aliphatic hydroxyl groups is 4. The first kappa shape index (κ1) is 33.9. The van der Waals surface area contributed by atoms with E-state index in [4.69, 9.17) is 33.2 Å². The Morgan fingerprint density at radius 1 is 0.884 bits per heavy atom. The summed E-state index contributed by atoms with van der Waals surface area (Å²) in [5.74, 6) is -6.01. The summed E-state index contributed by atoms with van der Waals surface area (Å²) in [6, 6.07) is 5.77. The van der Waals surface area contributed by atoms with E-state index in [0.29, 0.717) is 5.56 Å². The molecule has 0 spiro atoms. The molecular formula is C27H34O16. The number of rotatable bonds is 11. The molecule has 2 aliphatic rings. The number of hydrogen-bond donors (Lipinski definition) is 5. The van der Waals surface area contributed by atoms with Crippen LogP contribution in [0.15, 0.2) is 30.3 Å². The molecule has 0 radical (unpaired) electrons. The van der Waals surface area contributed by atoms with Crippen LogP contribution >= 0.6 is 0 Å². The average molecular weight is 615 g/mol. The second kappa shape index (κ2) is 14.7. The summed E-state index contributed by atoms with van der Waals surface area (Å²) in [6.45, 7) is 0.872. The van der Waals surface area contributed by atoms with Crippen LogP contribution in [0.3, 0.4) is 0 Å². The van der Waals surface area contributed by atoms with Crippen molar-refractivity contribution in [3.05, 3.63) is 35.9 Å². The van der Waals surface area contributed by atoms with Crippen molar-refractivity contribution >= 4 is 30.0 Å². The number of ether oxygens (including phenoxy) is 7. The largest absolute Gasteiger partial charge is 0.508 e. The molecule has 16 nitrogen and oxygen atoms in total. The van der Waals surface area contributed by atoms with E-state index in [1.54, 1.807) is 0 Å². The Bertz CT molecular complexity index is 1170. The van der Waals surface area contributed by atoms with Crippen LogP contribution in [0.4, 0.5) is 0 Å². The molecule has 0 amide bonds. The molecule has 2 heterocycles. The van der Waals surface area contributed by atoms with Crippen LogP contribution in [-0.4, -0.2) is 124 Å². The second-order valence-electron chi connectivity index (χ2n) is 9.72. The highest BCUT2D eigenvalue weighted by molar-refractivity contribution is 5.87. The minimum atomic E-state index is -2.44. The van der Waals surface area contributed by atoms with Crippen molar-refractivity contribution in [2.45, 2.75) is 75.6 Å². The molecule has 1 aromatic rings. The van der Waals surface area contributed by atoms with Crippen molar-refractivity contribution in [2.75, 3.05) is 19.8 Å². The topological polar surface area (TPSA) is 234 Å². The molecule has 238 valence electrons. The lowest BCUT2D eigenvalue weighted by Crippen LogP contribution is -2.64. The zero-order chi connectivity index (χ0) is 31.9. The fourth-order valence-electron chi connectivity index (χ4n) is 4.37. The molecule has 3 rings (SSSR count). The zero-order valence-electron chi connectivity index (χ0n) is 23.4. The van der Waals surface area contributed by atoms with Crippen molar-refractivity contribution in [2.24, 2.45) is 0 Å². The molecule has 5 N–H and O–H groups in total. The van der Waals surface area contributed by atoms with Crippen LogP contribution in [0.2, 0.25) is 0 Å². The third-order valence-electron chi connectivity index (χ3n) is 6.39. The third kappa shape index (κ3) is 8.70. The molecule has 2 aliphatic heterocycles. The van der Waals surface area contributed by atoms with Gasteiger partial charge in [-0.15, -0.1) is 0 Å². The summed E-state index contributed by atoms with van der Waals surface area (Å²) in [4.78, 5) is 48.0. The number of benzene rings is 1. The van der Waals surface area contributed by atoms with Gasteiger partial charge in [-0.1, -0.05) is 12.1 Å². The van der Waals surface area contributed by atoms with E-state index in [9.17, 15) is 44.7 Å². The van der Waals surface area contributed by atoms with Crippen molar-refractivity contribution < 1.29 is 77.9 Å². The van der Waals surface area contributed by atoms with Crippen LogP contribution in [-0.2, 0) is 52.3 Å². The summed E-state index contributed by atoms with van der Waals surface area (Å²) in [5.41, 5.74) is 0.496. The minimum Gasteiger partial charge on any atom is -0.508 e. The van der Waals surface area contributed by atoms with Crippen molar-refractivity contribution in [3.8, 4) is 5.75 Å². The zero-order valence-corrected chi connectivity index (χ0v) is 23.4. The Hall–Kier alpha value is -3.64. The second-order valence-corrected chi connectivity index (χ2v) is 9.72. The lowest BCUT2D eigenvalue weighted by molar-refractivity contribution is -0.384. The van der Waals surface area contributed by atoms with Crippen LogP contribution in [0, 0.1) is 0 Å². The quantitative estimate of drug-likeness (QED) is 0.106. The van der Waals surface area contributed by atoms with E-state index >= 15 is 0 Å². The lowest BCUT2D eigenvalue weighted by Gasteiger charge is -2.44. The molecule has 16 heteroatoms. The molecule has 2 fully saturated rings. The van der Waals surface area contributed by atoms with Gasteiger partial charge in [-0.3, -0.25) is 14.4 Å². The predicted octanol–water partition coefficient (Wildman–Crippen LogP) is -1.71. The van der Waals surface area contributed by atoms with Crippen LogP contribution in [0.5, 0.6) is 5.75 Å². The summed E-state index contributed by atoms with van der Waals surface area (Å²) in [7, 11) is 0. The number of carbonyl (C=O) groups is 4. The lowest BCUT2D eigenvalue weighted by atomic mass is 9.98. The number of phenols is 1. The highest BCUT2D eigenvalue weighted by Gasteiger charge is 2.62. The van der Waals surface area contributed by atoms with Gasteiger partial charge in [-0.05, 0) is 23.8 Å². The van der Waals surface area contributed by atoms with Gasteiger partial charge >= 0.3 is 23.9 Å². The number of aliphatic hydroxyl groups excluding tert-OH is 4. The fraction of sp³-hybridized carbons (Fsp3) is 0.556. The Labute approximate surface area is 245 Å². The normalized spacial score (nSPS) is 32.3. The Morgan fingerprint density at radius 2 is 1.53 bits per heavy atom. The van der Waals surface area contributed by atoms with Crippen molar-refractivity contribution in [1.29, 1.82) is 0 Å². The molecule has 43 heavy (non-hydrogen) atoms. The van der Waals surface area contributed by atoms with Crippen molar-refractivity contribution in [3.63, 3.8) is 0 Å². The third-order valence-corrected chi connectivity index (χ3v) is 6.39. The first-order valence-electron chi connectivity index (χ1n) is 13.0. The highest BCUT2D eigenvalue weighted by atomic mass is 16.8. The minimum absolute atomic E-state index is 0.00441. The molecular weight excluding hydrogens is 580 g/mol. The fourth-order valence-corrected chi connectivity index (χ4v) is 4.37. The van der Waals surface area contributed by atoms with Crippen LogP contribution in [0.25, 0.3) is 6.08 Å². The van der Waals surface area contributed by atoms with Gasteiger partial charge in [0.25, 0.3) is 0 Å². The van der Waals surface area contributed by atoms with Gasteiger partial charge in [0.15, 0.2) is 12.2 Å². The van der Waals surface area contributed by atoms with Gasteiger partial charge in [-0.25, -0.2) is 4.79 Å². The Kier molecular flexibility index (Phi) is 11.6. The summed E-state index contributed by atoms with van der Waals surface area (Å²) in [6.07, 6.45) is -11.4. The standard InChI is InChI=1S/C27H34O16/c1-13(29)37-11-19-22(35)25(41-20(33)9-6-16-4-7-17(32)8-5-16)27(42-19,12-38-14(2)30)43-26-24(39-15(3)31)23(36)21(34)18(10-28)40-26/h4-9,18-19,21-26,28,32,34-36H,10-12H2,1-3H3. The molecule has 0 saturated carbocycles. The van der Waals surface area contributed by atoms with Crippen molar-refractivity contribution in [1.82, 2.24) is 0 Å². The Balaban J connectivity index is 2.00. The first-order valence-corrected chi connectivity index (χ1v) is 13.0. The highest BCUT2D eigenvalue weighted by Crippen LogP contribution is 2.39. The molecule has 0 aromatic heterocycles. The van der Waals surface area contributed by atoms with E-state index < -0.39 is 98.5 Å². The summed E-state index contributed by atoms with van der Waals surface area (Å²) < 4.78 is 38.0. The molecule has 2 saturated heterocycles. The van der Waals surface area contributed by atoms with E-state index in [1.165, 1.54) is 30.3 Å². The number of phenolic OH excluding ortho intramolecular Hbond substituents is 1. The predicted molar refractivity (Wildman–Crippen MR) is 138 cm³/mol. The SMILES string of the molecule is CC(=O)OCC1OC(COC(C)=O)(OC2OC(CO)C(O)C(O)C2OC(C)=O)C(OC(=O)C=Cc2ccc(O)cc2)C1O. The summed E-state index contributed by atoms with van der Waals surface area (Å²) in [5, 5.41) is 51.2. The van der Waals surface area contributed by atoms with E-state index in [-0.39, 0.29) is 5.75 Å². The molecule has 1 aromatic carbocycles.